The molecule has 0 aliphatic rings. The number of non-ortho nitro benzene ring substituents is 1. The van der Waals surface area contributed by atoms with Crippen molar-refractivity contribution in [2.45, 2.75) is 38.8 Å². The molecule has 2 rings (SSSR count). The Morgan fingerprint density at radius 1 is 1.24 bits per heavy atom. The first-order valence-corrected chi connectivity index (χ1v) is 6.66. The van der Waals surface area contributed by atoms with Gasteiger partial charge in [0.15, 0.2) is 0 Å². The molecule has 1 aromatic carbocycles. The van der Waals surface area contributed by atoms with Gasteiger partial charge in [0.05, 0.1) is 16.1 Å². The number of aliphatic hydroxyl groups is 1. The molecule has 2 N–H and O–H groups in total. The van der Waals surface area contributed by atoms with Crippen molar-refractivity contribution in [2.24, 2.45) is 0 Å². The van der Waals surface area contributed by atoms with Gasteiger partial charge < -0.3 is 10.4 Å². The number of nitro benzene ring substituents is 1. The van der Waals surface area contributed by atoms with Crippen molar-refractivity contribution in [1.29, 1.82) is 0 Å². The molecule has 0 spiro atoms. The molecule has 6 heteroatoms. The first-order chi connectivity index (χ1) is 9.63. The Morgan fingerprint density at radius 3 is 2.48 bits per heavy atom. The summed E-state index contributed by atoms with van der Waals surface area (Å²) in [4.78, 5) is 14.7. The van der Waals surface area contributed by atoms with Gasteiger partial charge in [-0.15, -0.1) is 0 Å². The lowest BCUT2D eigenvalue weighted by Gasteiger charge is -2.39. The van der Waals surface area contributed by atoms with E-state index in [2.05, 4.69) is 10.3 Å². The van der Waals surface area contributed by atoms with E-state index < -0.39 is 16.1 Å². The summed E-state index contributed by atoms with van der Waals surface area (Å²) in [6.45, 7) is 7.17. The highest BCUT2D eigenvalue weighted by molar-refractivity contribution is 5.96. The Balaban J connectivity index is 2.57. The zero-order valence-corrected chi connectivity index (χ0v) is 12.5. The number of nitrogens with zero attached hydrogens (tertiary/aromatic N) is 2. The molecule has 1 heterocycles. The molecular weight excluding hydrogens is 270 g/mol. The van der Waals surface area contributed by atoms with Crippen LogP contribution < -0.4 is 5.32 Å². The van der Waals surface area contributed by atoms with Gasteiger partial charge in [0.25, 0.3) is 5.69 Å². The number of para-hydroxylation sites is 1. The minimum absolute atomic E-state index is 0.0304. The number of nitro groups is 1. The summed E-state index contributed by atoms with van der Waals surface area (Å²) >= 11 is 0. The van der Waals surface area contributed by atoms with Crippen LogP contribution in [-0.4, -0.2) is 26.2 Å². The molecule has 0 aliphatic heterocycles. The number of pyridine rings is 1. The lowest BCUT2D eigenvalue weighted by atomic mass is 9.85. The second-order valence-corrected chi connectivity index (χ2v) is 6.10. The van der Waals surface area contributed by atoms with Gasteiger partial charge in [-0.1, -0.05) is 12.1 Å². The molecular formula is C15H19N3O3. The quantitative estimate of drug-likeness (QED) is 0.667. The number of fused-ring (bicyclic) bond motifs is 1. The van der Waals surface area contributed by atoms with E-state index >= 15 is 0 Å². The summed E-state index contributed by atoms with van der Waals surface area (Å²) in [5.74, 6) is 0. The highest BCUT2D eigenvalue weighted by atomic mass is 16.6. The van der Waals surface area contributed by atoms with Crippen molar-refractivity contribution in [3.8, 4) is 0 Å². The first-order valence-electron chi connectivity index (χ1n) is 6.66. The van der Waals surface area contributed by atoms with Crippen molar-refractivity contribution in [1.82, 2.24) is 4.98 Å². The number of aromatic nitrogens is 1. The van der Waals surface area contributed by atoms with Gasteiger partial charge in [0, 0.05) is 23.3 Å². The molecule has 1 aromatic heterocycles. The first kappa shape index (κ1) is 15.2. The molecule has 0 saturated heterocycles. The van der Waals surface area contributed by atoms with Crippen LogP contribution in [0.25, 0.3) is 10.9 Å². The maximum Gasteiger partial charge on any atom is 0.295 e. The maximum atomic E-state index is 11.1. The number of hydrogen-bond donors (Lipinski definition) is 2. The van der Waals surface area contributed by atoms with E-state index in [1.807, 2.05) is 13.8 Å². The topological polar surface area (TPSA) is 88.3 Å². The molecule has 112 valence electrons. The lowest BCUT2D eigenvalue weighted by Crippen LogP contribution is -2.51. The number of anilines is 1. The Kier molecular flexibility index (Phi) is 3.59. The highest BCUT2D eigenvalue weighted by Gasteiger charge is 2.35. The molecule has 0 saturated carbocycles. The molecule has 6 nitrogen and oxygen atoms in total. The van der Waals surface area contributed by atoms with Crippen molar-refractivity contribution < 1.29 is 10.0 Å². The van der Waals surface area contributed by atoms with E-state index in [1.165, 1.54) is 12.3 Å². The Morgan fingerprint density at radius 2 is 1.90 bits per heavy atom. The van der Waals surface area contributed by atoms with Crippen molar-refractivity contribution in [3.63, 3.8) is 0 Å². The monoisotopic (exact) mass is 289 g/mol. The van der Waals surface area contributed by atoms with Crippen LogP contribution in [0.5, 0.6) is 0 Å². The molecule has 0 atom stereocenters. The van der Waals surface area contributed by atoms with Gasteiger partial charge in [-0.25, -0.2) is 4.98 Å². The van der Waals surface area contributed by atoms with Crippen LogP contribution in [0.2, 0.25) is 0 Å². The summed E-state index contributed by atoms with van der Waals surface area (Å²) in [7, 11) is 0. The number of hydrogen-bond acceptors (Lipinski definition) is 5. The standard InChI is InChI=1S/C15H19N3O3/c1-14(2,15(3,4)19)17-11-8-9-16-13-10(11)6-5-7-12(13)18(20)21/h5-9,19H,1-4H3,(H,16,17). The molecule has 0 radical (unpaired) electrons. The highest BCUT2D eigenvalue weighted by Crippen LogP contribution is 2.32. The average molecular weight is 289 g/mol. The maximum absolute atomic E-state index is 11.1. The Hall–Kier alpha value is -2.21. The fourth-order valence-electron chi connectivity index (χ4n) is 1.91. The van der Waals surface area contributed by atoms with Gasteiger partial charge in [0.2, 0.25) is 0 Å². The van der Waals surface area contributed by atoms with Crippen molar-refractivity contribution in [2.75, 3.05) is 5.32 Å². The van der Waals surface area contributed by atoms with E-state index in [1.54, 1.807) is 32.0 Å². The number of nitrogens with one attached hydrogen (secondary N) is 1. The van der Waals surface area contributed by atoms with E-state index in [4.69, 9.17) is 0 Å². The smallest absolute Gasteiger partial charge is 0.295 e. The molecule has 0 unspecified atom stereocenters. The van der Waals surface area contributed by atoms with Gasteiger partial charge >= 0.3 is 0 Å². The van der Waals surface area contributed by atoms with Crippen LogP contribution >= 0.6 is 0 Å². The molecule has 0 fully saturated rings. The van der Waals surface area contributed by atoms with E-state index in [0.717, 1.165) is 0 Å². The minimum Gasteiger partial charge on any atom is -0.388 e. The van der Waals surface area contributed by atoms with E-state index in [-0.39, 0.29) is 5.69 Å². The van der Waals surface area contributed by atoms with Crippen molar-refractivity contribution in [3.05, 3.63) is 40.6 Å². The van der Waals surface area contributed by atoms with Gasteiger partial charge in [-0.2, -0.15) is 0 Å². The Bertz CT molecular complexity index is 690. The van der Waals surface area contributed by atoms with Crippen LogP contribution in [0.1, 0.15) is 27.7 Å². The van der Waals surface area contributed by atoms with Gasteiger partial charge in [-0.05, 0) is 33.8 Å². The SMILES string of the molecule is CC(C)(O)C(C)(C)Nc1ccnc2c([N+](=O)[O-])cccc12. The number of rotatable bonds is 4. The van der Waals surface area contributed by atoms with E-state index in [0.29, 0.717) is 16.6 Å². The summed E-state index contributed by atoms with van der Waals surface area (Å²) in [6, 6.07) is 6.59. The fraction of sp³-hybridized carbons (Fsp3) is 0.400. The average Bonchev–Trinajstić information content (AvgIpc) is 2.36. The molecule has 0 bridgehead atoms. The predicted molar refractivity (Wildman–Crippen MR) is 82.4 cm³/mol. The van der Waals surface area contributed by atoms with Crippen LogP contribution in [0.4, 0.5) is 11.4 Å². The Labute approximate surface area is 123 Å². The molecule has 2 aromatic rings. The second-order valence-electron chi connectivity index (χ2n) is 6.10. The molecule has 0 amide bonds. The van der Waals surface area contributed by atoms with Crippen LogP contribution in [-0.2, 0) is 0 Å². The zero-order chi connectivity index (χ0) is 15.8. The summed E-state index contributed by atoms with van der Waals surface area (Å²) < 4.78 is 0. The number of benzene rings is 1. The predicted octanol–water partition coefficient (Wildman–Crippen LogP) is 3.10. The van der Waals surface area contributed by atoms with Crippen LogP contribution in [0, 0.1) is 10.1 Å². The van der Waals surface area contributed by atoms with E-state index in [9.17, 15) is 15.2 Å². The second kappa shape index (κ2) is 4.96. The third kappa shape index (κ3) is 2.80. The van der Waals surface area contributed by atoms with Gasteiger partial charge in [-0.3, -0.25) is 10.1 Å². The minimum atomic E-state index is -0.969. The largest absolute Gasteiger partial charge is 0.388 e. The summed E-state index contributed by atoms with van der Waals surface area (Å²) in [5, 5.41) is 25.2. The third-order valence-corrected chi connectivity index (χ3v) is 3.92. The normalized spacial score (nSPS) is 12.4. The van der Waals surface area contributed by atoms with Crippen LogP contribution in [0.3, 0.4) is 0 Å². The third-order valence-electron chi connectivity index (χ3n) is 3.92. The van der Waals surface area contributed by atoms with Gasteiger partial charge in [0.1, 0.15) is 5.52 Å². The summed E-state index contributed by atoms with van der Waals surface area (Å²) in [5.41, 5.74) is -0.582. The van der Waals surface area contributed by atoms with Crippen LogP contribution in [0.15, 0.2) is 30.5 Å². The lowest BCUT2D eigenvalue weighted by molar-refractivity contribution is -0.383. The van der Waals surface area contributed by atoms with Crippen molar-refractivity contribution >= 4 is 22.3 Å². The zero-order valence-electron chi connectivity index (χ0n) is 12.5. The molecule has 0 aliphatic carbocycles. The molecule has 21 heavy (non-hydrogen) atoms. The fourth-order valence-corrected chi connectivity index (χ4v) is 1.91. The summed E-state index contributed by atoms with van der Waals surface area (Å²) in [6.07, 6.45) is 1.53.